The fourth-order valence-corrected chi connectivity index (χ4v) is 3.65. The predicted octanol–water partition coefficient (Wildman–Crippen LogP) is 2.92. The van der Waals surface area contributed by atoms with Crippen LogP contribution in [0, 0.1) is 0 Å². The number of nitrogens with zero attached hydrogens (tertiary/aromatic N) is 2. The Kier molecular flexibility index (Phi) is 5.01. The van der Waals surface area contributed by atoms with Crippen molar-refractivity contribution in [2.75, 3.05) is 26.2 Å². The van der Waals surface area contributed by atoms with Crippen LogP contribution in [-0.4, -0.2) is 47.2 Å². The van der Waals surface area contributed by atoms with E-state index in [4.69, 9.17) is 4.74 Å². The molecule has 5 nitrogen and oxygen atoms in total. The molecule has 0 aliphatic carbocycles. The van der Waals surface area contributed by atoms with Crippen LogP contribution in [0.1, 0.15) is 60.6 Å². The van der Waals surface area contributed by atoms with E-state index in [2.05, 4.69) is 16.8 Å². The second-order valence-corrected chi connectivity index (χ2v) is 7.48. The number of carbonyl (C=O) groups is 1. The number of ether oxygens (including phenoxy) is 1. The first-order valence-electron chi connectivity index (χ1n) is 7.41. The Morgan fingerprint density at radius 2 is 2.24 bits per heavy atom. The topological polar surface area (TPSA) is 62.7 Å². The van der Waals surface area contributed by atoms with Crippen LogP contribution in [-0.2, 0) is 10.2 Å². The molecule has 1 unspecified atom stereocenters. The summed E-state index contributed by atoms with van der Waals surface area (Å²) in [7, 11) is 0. The minimum atomic E-state index is -0.898. The summed E-state index contributed by atoms with van der Waals surface area (Å²) in [5.74, 6) is -0.898. The van der Waals surface area contributed by atoms with Crippen LogP contribution < -0.4 is 0 Å². The van der Waals surface area contributed by atoms with Gasteiger partial charge in [0.1, 0.15) is 16.0 Å². The van der Waals surface area contributed by atoms with Crippen LogP contribution in [0.4, 0.5) is 0 Å². The fraction of sp³-hybridized carbons (Fsp3) is 0.733. The SMILES string of the molecule is CCCN1CCOC(c2nc(C(C)(C)C)c(C(=O)O)s2)C1. The van der Waals surface area contributed by atoms with Crippen molar-refractivity contribution in [3.63, 3.8) is 0 Å². The van der Waals surface area contributed by atoms with Gasteiger partial charge >= 0.3 is 5.97 Å². The van der Waals surface area contributed by atoms with Gasteiger partial charge in [0.25, 0.3) is 0 Å². The van der Waals surface area contributed by atoms with E-state index >= 15 is 0 Å². The number of rotatable bonds is 4. The number of thiazole rings is 1. The molecule has 1 N–H and O–H groups in total. The van der Waals surface area contributed by atoms with Gasteiger partial charge in [0, 0.05) is 18.5 Å². The van der Waals surface area contributed by atoms with Gasteiger partial charge in [0.05, 0.1) is 12.3 Å². The maximum Gasteiger partial charge on any atom is 0.347 e. The Morgan fingerprint density at radius 3 is 2.76 bits per heavy atom. The van der Waals surface area contributed by atoms with Gasteiger partial charge in [-0.2, -0.15) is 0 Å². The third-order valence-corrected chi connectivity index (χ3v) is 4.65. The van der Waals surface area contributed by atoms with E-state index in [0.717, 1.165) is 31.1 Å². The Bertz CT molecular complexity index is 506. The van der Waals surface area contributed by atoms with Crippen molar-refractivity contribution in [1.82, 2.24) is 9.88 Å². The molecule has 1 aromatic rings. The highest BCUT2D eigenvalue weighted by molar-refractivity contribution is 7.13. The molecular formula is C15H24N2O3S. The summed E-state index contributed by atoms with van der Waals surface area (Å²) < 4.78 is 5.81. The van der Waals surface area contributed by atoms with Crippen molar-refractivity contribution in [3.05, 3.63) is 15.6 Å². The van der Waals surface area contributed by atoms with E-state index in [9.17, 15) is 9.90 Å². The molecule has 0 radical (unpaired) electrons. The first kappa shape index (κ1) is 16.4. The molecule has 1 atom stereocenters. The summed E-state index contributed by atoms with van der Waals surface area (Å²) in [6, 6.07) is 0. The van der Waals surface area contributed by atoms with Crippen LogP contribution in [0.25, 0.3) is 0 Å². The molecule has 118 valence electrons. The van der Waals surface area contributed by atoms with E-state index in [1.165, 1.54) is 11.3 Å². The van der Waals surface area contributed by atoms with Gasteiger partial charge in [-0.3, -0.25) is 4.90 Å². The molecule has 1 saturated heterocycles. The highest BCUT2D eigenvalue weighted by Gasteiger charge is 2.31. The van der Waals surface area contributed by atoms with Crippen molar-refractivity contribution < 1.29 is 14.6 Å². The molecule has 21 heavy (non-hydrogen) atoms. The maximum atomic E-state index is 11.5. The van der Waals surface area contributed by atoms with Gasteiger partial charge in [0.15, 0.2) is 0 Å². The number of hydrogen-bond acceptors (Lipinski definition) is 5. The highest BCUT2D eigenvalue weighted by Crippen LogP contribution is 2.34. The molecule has 6 heteroatoms. The molecule has 0 spiro atoms. The molecule has 0 aromatic carbocycles. The summed E-state index contributed by atoms with van der Waals surface area (Å²) in [5, 5.41) is 10.2. The Morgan fingerprint density at radius 1 is 1.52 bits per heavy atom. The number of aromatic carboxylic acids is 1. The van der Waals surface area contributed by atoms with E-state index in [1.807, 2.05) is 20.8 Å². The standard InChI is InChI=1S/C15H24N2O3S/c1-5-6-17-7-8-20-10(9-17)13-16-12(15(2,3)4)11(21-13)14(18)19/h10H,5-9H2,1-4H3,(H,18,19). The average Bonchev–Trinajstić information content (AvgIpc) is 2.84. The second-order valence-electron chi connectivity index (χ2n) is 6.45. The molecular weight excluding hydrogens is 288 g/mol. The van der Waals surface area contributed by atoms with Crippen molar-refractivity contribution in [2.24, 2.45) is 0 Å². The smallest absolute Gasteiger partial charge is 0.347 e. The van der Waals surface area contributed by atoms with Gasteiger partial charge in [0.2, 0.25) is 0 Å². The van der Waals surface area contributed by atoms with E-state index < -0.39 is 5.97 Å². The number of aromatic nitrogens is 1. The molecule has 1 aromatic heterocycles. The average molecular weight is 312 g/mol. The monoisotopic (exact) mass is 312 g/mol. The molecule has 0 saturated carbocycles. The van der Waals surface area contributed by atoms with Crippen LogP contribution in [0.5, 0.6) is 0 Å². The number of carboxylic acid groups (broad SMARTS) is 1. The van der Waals surface area contributed by atoms with Gasteiger partial charge in [-0.05, 0) is 13.0 Å². The minimum absolute atomic E-state index is 0.107. The van der Waals surface area contributed by atoms with Crippen LogP contribution >= 0.6 is 11.3 Å². The highest BCUT2D eigenvalue weighted by atomic mass is 32.1. The summed E-state index contributed by atoms with van der Waals surface area (Å²) in [5.41, 5.74) is 0.381. The zero-order chi connectivity index (χ0) is 15.6. The quantitative estimate of drug-likeness (QED) is 0.926. The minimum Gasteiger partial charge on any atom is -0.477 e. The summed E-state index contributed by atoms with van der Waals surface area (Å²) >= 11 is 1.26. The number of morpholine rings is 1. The molecule has 1 aliphatic heterocycles. The molecule has 0 amide bonds. The van der Waals surface area contributed by atoms with Gasteiger partial charge in [-0.25, -0.2) is 9.78 Å². The third-order valence-electron chi connectivity index (χ3n) is 3.51. The first-order chi connectivity index (χ1) is 9.82. The Labute approximate surface area is 129 Å². The van der Waals surface area contributed by atoms with Gasteiger partial charge in [-0.1, -0.05) is 27.7 Å². The largest absolute Gasteiger partial charge is 0.477 e. The molecule has 1 fully saturated rings. The first-order valence-corrected chi connectivity index (χ1v) is 8.23. The number of hydrogen-bond donors (Lipinski definition) is 1. The van der Waals surface area contributed by atoms with Gasteiger partial charge in [-0.15, -0.1) is 11.3 Å². The normalized spacial score (nSPS) is 20.7. The van der Waals surface area contributed by atoms with E-state index in [0.29, 0.717) is 17.2 Å². The fourth-order valence-electron chi connectivity index (χ4n) is 2.50. The molecule has 2 rings (SSSR count). The molecule has 0 bridgehead atoms. The Hall–Kier alpha value is -0.980. The zero-order valence-electron chi connectivity index (χ0n) is 13.2. The third kappa shape index (κ3) is 3.81. The lowest BCUT2D eigenvalue weighted by molar-refractivity contribution is -0.0300. The summed E-state index contributed by atoms with van der Waals surface area (Å²) in [4.78, 5) is 18.8. The lowest BCUT2D eigenvalue weighted by Crippen LogP contribution is -2.38. The predicted molar refractivity (Wildman–Crippen MR) is 83.2 cm³/mol. The maximum absolute atomic E-state index is 11.5. The molecule has 2 heterocycles. The van der Waals surface area contributed by atoms with Gasteiger partial charge < -0.3 is 9.84 Å². The van der Waals surface area contributed by atoms with Crippen molar-refractivity contribution in [2.45, 2.75) is 45.6 Å². The summed E-state index contributed by atoms with van der Waals surface area (Å²) in [6.07, 6.45) is 1.00. The lowest BCUT2D eigenvalue weighted by Gasteiger charge is -2.31. The lowest BCUT2D eigenvalue weighted by atomic mass is 9.91. The number of carboxylic acids is 1. The van der Waals surface area contributed by atoms with E-state index in [1.54, 1.807) is 0 Å². The van der Waals surface area contributed by atoms with E-state index in [-0.39, 0.29) is 11.5 Å². The zero-order valence-corrected chi connectivity index (χ0v) is 14.0. The Balaban J connectivity index is 2.26. The van der Waals surface area contributed by atoms with Crippen molar-refractivity contribution >= 4 is 17.3 Å². The summed E-state index contributed by atoms with van der Waals surface area (Å²) in [6.45, 7) is 11.6. The second kappa shape index (κ2) is 6.42. The van der Waals surface area contributed by atoms with Crippen molar-refractivity contribution in [3.8, 4) is 0 Å². The van der Waals surface area contributed by atoms with Crippen LogP contribution in [0.2, 0.25) is 0 Å². The van der Waals surface area contributed by atoms with Crippen molar-refractivity contribution in [1.29, 1.82) is 0 Å². The van der Waals surface area contributed by atoms with Crippen LogP contribution in [0.3, 0.4) is 0 Å². The van der Waals surface area contributed by atoms with Crippen LogP contribution in [0.15, 0.2) is 0 Å². The molecule has 1 aliphatic rings.